The lowest BCUT2D eigenvalue weighted by molar-refractivity contribution is 0.415. The number of anilines is 1. The summed E-state index contributed by atoms with van der Waals surface area (Å²) in [5, 5.41) is 10.5. The van der Waals surface area contributed by atoms with E-state index >= 15 is 0 Å². The standard InChI is InChI=1S/C16H16N4O/c1-21-15-6-2-5-14(8-15)18-10-13-11-19-20-16(13)12-4-3-7-17-9-12/h2-9,11,18H,10H2,1H3,(H,19,20). The molecule has 3 rings (SSSR count). The van der Waals surface area contributed by atoms with Crippen LogP contribution in [-0.4, -0.2) is 22.3 Å². The molecule has 0 radical (unpaired) electrons. The highest BCUT2D eigenvalue weighted by atomic mass is 16.5. The largest absolute Gasteiger partial charge is 0.497 e. The average molecular weight is 280 g/mol. The molecule has 2 N–H and O–H groups in total. The summed E-state index contributed by atoms with van der Waals surface area (Å²) in [6, 6.07) is 11.8. The number of methoxy groups -OCH3 is 1. The van der Waals surface area contributed by atoms with Crippen molar-refractivity contribution >= 4 is 5.69 Å². The maximum Gasteiger partial charge on any atom is 0.120 e. The van der Waals surface area contributed by atoms with Crippen molar-refractivity contribution in [2.75, 3.05) is 12.4 Å². The number of rotatable bonds is 5. The molecule has 0 unspecified atom stereocenters. The summed E-state index contributed by atoms with van der Waals surface area (Å²) in [5.41, 5.74) is 4.11. The first kappa shape index (κ1) is 13.2. The highest BCUT2D eigenvalue weighted by Crippen LogP contribution is 2.22. The third-order valence-corrected chi connectivity index (χ3v) is 3.22. The smallest absolute Gasteiger partial charge is 0.120 e. The molecular formula is C16H16N4O. The third kappa shape index (κ3) is 3.02. The number of H-pyrrole nitrogens is 1. The van der Waals surface area contributed by atoms with Gasteiger partial charge in [-0.05, 0) is 24.3 Å². The van der Waals surface area contributed by atoms with Crippen molar-refractivity contribution in [3.05, 3.63) is 60.6 Å². The molecule has 5 nitrogen and oxygen atoms in total. The van der Waals surface area contributed by atoms with E-state index in [2.05, 4.69) is 20.5 Å². The normalized spacial score (nSPS) is 10.3. The number of nitrogens with one attached hydrogen (secondary N) is 2. The molecule has 0 fully saturated rings. The molecule has 0 saturated carbocycles. The van der Waals surface area contributed by atoms with Crippen LogP contribution in [0, 0.1) is 0 Å². The summed E-state index contributed by atoms with van der Waals surface area (Å²) in [4.78, 5) is 4.14. The maximum atomic E-state index is 5.22. The second-order valence-electron chi connectivity index (χ2n) is 4.60. The monoisotopic (exact) mass is 280 g/mol. The van der Waals surface area contributed by atoms with Crippen molar-refractivity contribution in [3.8, 4) is 17.0 Å². The van der Waals surface area contributed by atoms with Gasteiger partial charge in [-0.15, -0.1) is 0 Å². The Labute approximate surface area is 123 Å². The fourth-order valence-corrected chi connectivity index (χ4v) is 2.14. The zero-order valence-corrected chi connectivity index (χ0v) is 11.7. The number of nitrogens with zero attached hydrogens (tertiary/aromatic N) is 2. The van der Waals surface area contributed by atoms with Crippen molar-refractivity contribution in [1.82, 2.24) is 15.2 Å². The van der Waals surface area contributed by atoms with E-state index < -0.39 is 0 Å². The summed E-state index contributed by atoms with van der Waals surface area (Å²) in [6.07, 6.45) is 5.41. The van der Waals surface area contributed by atoms with Gasteiger partial charge in [-0.1, -0.05) is 6.07 Å². The van der Waals surface area contributed by atoms with Crippen molar-refractivity contribution in [2.24, 2.45) is 0 Å². The van der Waals surface area contributed by atoms with Crippen LogP contribution < -0.4 is 10.1 Å². The van der Waals surface area contributed by atoms with Crippen LogP contribution in [0.3, 0.4) is 0 Å². The van der Waals surface area contributed by atoms with Crippen molar-refractivity contribution in [3.63, 3.8) is 0 Å². The number of hydrogen-bond donors (Lipinski definition) is 2. The molecule has 0 aliphatic rings. The highest BCUT2D eigenvalue weighted by Gasteiger charge is 2.07. The van der Waals surface area contributed by atoms with E-state index in [9.17, 15) is 0 Å². The van der Waals surface area contributed by atoms with Crippen molar-refractivity contribution < 1.29 is 4.74 Å². The third-order valence-electron chi connectivity index (χ3n) is 3.22. The van der Waals surface area contributed by atoms with Crippen LogP contribution in [0.1, 0.15) is 5.56 Å². The minimum atomic E-state index is 0.674. The zero-order chi connectivity index (χ0) is 14.5. The van der Waals surface area contributed by atoms with Crippen molar-refractivity contribution in [1.29, 1.82) is 0 Å². The second kappa shape index (κ2) is 6.09. The Bertz CT molecular complexity index is 709. The average Bonchev–Trinajstić information content (AvgIpc) is 3.02. The lowest BCUT2D eigenvalue weighted by Gasteiger charge is -2.08. The quantitative estimate of drug-likeness (QED) is 0.754. The van der Waals surface area contributed by atoms with E-state index in [1.54, 1.807) is 13.3 Å². The molecule has 0 amide bonds. The van der Waals surface area contributed by atoms with E-state index in [0.717, 1.165) is 28.3 Å². The molecule has 1 aromatic carbocycles. The first-order valence-electron chi connectivity index (χ1n) is 6.67. The van der Waals surface area contributed by atoms with Gasteiger partial charge in [-0.2, -0.15) is 5.10 Å². The first-order chi connectivity index (χ1) is 10.4. The van der Waals surface area contributed by atoms with Gasteiger partial charge < -0.3 is 10.1 Å². The van der Waals surface area contributed by atoms with E-state index in [1.807, 2.05) is 48.8 Å². The number of benzene rings is 1. The fourth-order valence-electron chi connectivity index (χ4n) is 2.14. The van der Waals surface area contributed by atoms with E-state index in [1.165, 1.54) is 0 Å². The minimum absolute atomic E-state index is 0.674. The summed E-state index contributed by atoms with van der Waals surface area (Å²) >= 11 is 0. The Morgan fingerprint density at radius 3 is 2.95 bits per heavy atom. The molecule has 2 heterocycles. The lowest BCUT2D eigenvalue weighted by atomic mass is 10.1. The summed E-state index contributed by atoms with van der Waals surface area (Å²) in [6.45, 7) is 0.674. The van der Waals surface area contributed by atoms with Crippen LogP contribution in [0.15, 0.2) is 55.0 Å². The molecule has 0 aliphatic carbocycles. The van der Waals surface area contributed by atoms with Crippen LogP contribution >= 0.6 is 0 Å². The van der Waals surface area contributed by atoms with Gasteiger partial charge in [-0.3, -0.25) is 10.1 Å². The Kier molecular flexibility index (Phi) is 3.82. The van der Waals surface area contributed by atoms with Gasteiger partial charge in [-0.25, -0.2) is 0 Å². The van der Waals surface area contributed by atoms with Gasteiger partial charge in [0.15, 0.2) is 0 Å². The van der Waals surface area contributed by atoms with E-state index in [-0.39, 0.29) is 0 Å². The van der Waals surface area contributed by atoms with Gasteiger partial charge in [0.1, 0.15) is 5.75 Å². The molecule has 0 atom stereocenters. The number of aromatic nitrogens is 3. The minimum Gasteiger partial charge on any atom is -0.497 e. The fraction of sp³-hybridized carbons (Fsp3) is 0.125. The van der Waals surface area contributed by atoms with Crippen LogP contribution in [0.5, 0.6) is 5.75 Å². The maximum absolute atomic E-state index is 5.22. The molecule has 2 aromatic heterocycles. The predicted octanol–water partition coefficient (Wildman–Crippen LogP) is 3.09. The molecule has 5 heteroatoms. The Balaban J connectivity index is 1.76. The van der Waals surface area contributed by atoms with Crippen molar-refractivity contribution in [2.45, 2.75) is 6.54 Å². The van der Waals surface area contributed by atoms with E-state index in [0.29, 0.717) is 6.54 Å². The topological polar surface area (TPSA) is 62.8 Å². The summed E-state index contributed by atoms with van der Waals surface area (Å²) in [7, 11) is 1.66. The molecular weight excluding hydrogens is 264 g/mol. The van der Waals surface area contributed by atoms with Gasteiger partial charge in [0.2, 0.25) is 0 Å². The van der Waals surface area contributed by atoms with Crippen LogP contribution in [0.2, 0.25) is 0 Å². The number of hydrogen-bond acceptors (Lipinski definition) is 4. The second-order valence-corrected chi connectivity index (χ2v) is 4.60. The molecule has 0 bridgehead atoms. The van der Waals surface area contributed by atoms with Crippen LogP contribution in [0.25, 0.3) is 11.3 Å². The SMILES string of the molecule is COc1cccc(NCc2cn[nH]c2-c2cccnc2)c1. The van der Waals surface area contributed by atoms with Crippen LogP contribution in [-0.2, 0) is 6.54 Å². The zero-order valence-electron chi connectivity index (χ0n) is 11.7. The van der Waals surface area contributed by atoms with Gasteiger partial charge in [0.05, 0.1) is 19.0 Å². The molecule has 0 saturated heterocycles. The Hall–Kier alpha value is -2.82. The molecule has 0 spiro atoms. The molecule has 106 valence electrons. The highest BCUT2D eigenvalue weighted by molar-refractivity contribution is 5.62. The number of pyridine rings is 1. The number of aromatic amines is 1. The lowest BCUT2D eigenvalue weighted by Crippen LogP contribution is -2.00. The molecule has 21 heavy (non-hydrogen) atoms. The molecule has 0 aliphatic heterocycles. The predicted molar refractivity (Wildman–Crippen MR) is 82.1 cm³/mol. The van der Waals surface area contributed by atoms with Gasteiger partial charge in [0, 0.05) is 41.8 Å². The Morgan fingerprint density at radius 2 is 2.14 bits per heavy atom. The van der Waals surface area contributed by atoms with Gasteiger partial charge in [0.25, 0.3) is 0 Å². The molecule has 3 aromatic rings. The van der Waals surface area contributed by atoms with Crippen LogP contribution in [0.4, 0.5) is 5.69 Å². The summed E-state index contributed by atoms with van der Waals surface area (Å²) < 4.78 is 5.22. The number of ether oxygens (including phenoxy) is 1. The summed E-state index contributed by atoms with van der Waals surface area (Å²) in [5.74, 6) is 0.833. The van der Waals surface area contributed by atoms with E-state index in [4.69, 9.17) is 4.74 Å². The Morgan fingerprint density at radius 1 is 1.19 bits per heavy atom. The first-order valence-corrected chi connectivity index (χ1v) is 6.67. The van der Waals surface area contributed by atoms with Gasteiger partial charge >= 0.3 is 0 Å².